The quantitative estimate of drug-likeness (QED) is 0.777. The van der Waals surface area contributed by atoms with E-state index in [-0.39, 0.29) is 29.6 Å². The van der Waals surface area contributed by atoms with Gasteiger partial charge in [-0.1, -0.05) is 17.7 Å². The molecule has 2 heterocycles. The van der Waals surface area contributed by atoms with Crippen molar-refractivity contribution in [3.8, 4) is 5.75 Å². The highest BCUT2D eigenvalue weighted by molar-refractivity contribution is 7.91. The average Bonchev–Trinajstić information content (AvgIpc) is 3.05. The molecule has 2 aliphatic rings. The molecule has 0 radical (unpaired) electrons. The summed E-state index contributed by atoms with van der Waals surface area (Å²) in [6, 6.07) is 13.8. The maximum absolute atomic E-state index is 13.2. The van der Waals surface area contributed by atoms with Gasteiger partial charge in [0, 0.05) is 11.4 Å². The molecule has 0 aliphatic carbocycles. The number of nitrogens with zero attached hydrogens (tertiary/aromatic N) is 2. The van der Waals surface area contributed by atoms with Crippen LogP contribution >= 0.6 is 0 Å². The van der Waals surface area contributed by atoms with Crippen LogP contribution in [0, 0.1) is 6.92 Å². The first-order valence-corrected chi connectivity index (χ1v) is 10.3. The number of carbonyl (C=O) groups excluding carboxylic acids is 1. The Labute approximate surface area is 152 Å². The number of sulfone groups is 1. The fourth-order valence-electron chi connectivity index (χ4n) is 3.76. The van der Waals surface area contributed by atoms with Crippen LogP contribution in [0.25, 0.3) is 0 Å². The molecule has 136 valence electrons. The molecule has 0 saturated carbocycles. The highest BCUT2D eigenvalue weighted by atomic mass is 32.2. The summed E-state index contributed by atoms with van der Waals surface area (Å²) in [5.41, 5.74) is 2.49. The van der Waals surface area contributed by atoms with Crippen molar-refractivity contribution < 1.29 is 17.9 Å². The van der Waals surface area contributed by atoms with Crippen LogP contribution < -0.4 is 14.5 Å². The summed E-state index contributed by atoms with van der Waals surface area (Å²) < 4.78 is 29.7. The van der Waals surface area contributed by atoms with Crippen LogP contribution in [0.3, 0.4) is 0 Å². The minimum atomic E-state index is -3.19. The van der Waals surface area contributed by atoms with Gasteiger partial charge in [-0.25, -0.2) is 13.2 Å². The number of benzene rings is 2. The lowest BCUT2D eigenvalue weighted by Crippen LogP contribution is -2.37. The zero-order valence-corrected chi connectivity index (χ0v) is 15.4. The molecule has 6 nitrogen and oxygen atoms in total. The van der Waals surface area contributed by atoms with Crippen LogP contribution in [0.4, 0.5) is 16.2 Å². The number of amides is 2. The van der Waals surface area contributed by atoms with Gasteiger partial charge >= 0.3 is 6.03 Å². The predicted octanol–water partition coefficient (Wildman–Crippen LogP) is 2.62. The highest BCUT2D eigenvalue weighted by Crippen LogP contribution is 2.38. The van der Waals surface area contributed by atoms with Crippen molar-refractivity contribution in [3.63, 3.8) is 0 Å². The zero-order chi connectivity index (χ0) is 18.5. The largest absolute Gasteiger partial charge is 0.497 e. The van der Waals surface area contributed by atoms with Gasteiger partial charge in [-0.3, -0.25) is 9.80 Å². The van der Waals surface area contributed by atoms with E-state index in [1.807, 2.05) is 31.2 Å². The van der Waals surface area contributed by atoms with Crippen molar-refractivity contribution in [2.75, 3.05) is 28.4 Å². The predicted molar refractivity (Wildman–Crippen MR) is 101 cm³/mol. The first-order chi connectivity index (χ1) is 12.4. The minimum Gasteiger partial charge on any atom is -0.497 e. The van der Waals surface area contributed by atoms with E-state index < -0.39 is 9.84 Å². The van der Waals surface area contributed by atoms with E-state index in [0.29, 0.717) is 11.4 Å². The molecule has 0 bridgehead atoms. The van der Waals surface area contributed by atoms with Crippen LogP contribution in [-0.2, 0) is 9.84 Å². The van der Waals surface area contributed by atoms with E-state index in [2.05, 4.69) is 0 Å². The fraction of sp³-hybridized carbons (Fsp3) is 0.316. The first-order valence-electron chi connectivity index (χ1n) is 8.43. The van der Waals surface area contributed by atoms with Gasteiger partial charge in [0.15, 0.2) is 9.84 Å². The van der Waals surface area contributed by atoms with Gasteiger partial charge in [0.2, 0.25) is 0 Å². The Kier molecular flexibility index (Phi) is 3.91. The Hall–Kier alpha value is -2.54. The number of fused-ring (bicyclic) bond motifs is 1. The van der Waals surface area contributed by atoms with Crippen molar-refractivity contribution >= 4 is 27.2 Å². The normalized spacial score (nSPS) is 24.0. The molecule has 0 unspecified atom stereocenters. The summed E-state index contributed by atoms with van der Waals surface area (Å²) >= 11 is 0. The molecule has 2 fully saturated rings. The lowest BCUT2D eigenvalue weighted by atomic mass is 10.1. The molecule has 7 heteroatoms. The minimum absolute atomic E-state index is 0.00998. The van der Waals surface area contributed by atoms with E-state index in [0.717, 1.165) is 11.3 Å². The molecular formula is C19H20N2O4S. The third kappa shape index (κ3) is 2.72. The summed E-state index contributed by atoms with van der Waals surface area (Å²) in [6.45, 7) is 1.97. The van der Waals surface area contributed by atoms with Crippen LogP contribution in [0.1, 0.15) is 5.56 Å². The monoisotopic (exact) mass is 372 g/mol. The van der Waals surface area contributed by atoms with Gasteiger partial charge in [0.25, 0.3) is 0 Å². The third-order valence-corrected chi connectivity index (χ3v) is 6.73. The summed E-state index contributed by atoms with van der Waals surface area (Å²) in [7, 11) is -1.61. The molecule has 26 heavy (non-hydrogen) atoms. The summed E-state index contributed by atoms with van der Waals surface area (Å²) in [5.74, 6) is 0.660. The van der Waals surface area contributed by atoms with E-state index in [4.69, 9.17) is 4.74 Å². The van der Waals surface area contributed by atoms with E-state index >= 15 is 0 Å². The van der Waals surface area contributed by atoms with Crippen LogP contribution in [0.2, 0.25) is 0 Å². The van der Waals surface area contributed by atoms with Crippen LogP contribution in [-0.4, -0.2) is 45.1 Å². The van der Waals surface area contributed by atoms with E-state index in [9.17, 15) is 13.2 Å². The van der Waals surface area contributed by atoms with Crippen LogP contribution in [0.15, 0.2) is 48.5 Å². The van der Waals surface area contributed by atoms with Crippen molar-refractivity contribution in [1.82, 2.24) is 0 Å². The van der Waals surface area contributed by atoms with Gasteiger partial charge in [-0.05, 0) is 43.3 Å². The van der Waals surface area contributed by atoms with Gasteiger partial charge in [-0.2, -0.15) is 0 Å². The molecule has 0 N–H and O–H groups in total. The second-order valence-corrected chi connectivity index (χ2v) is 8.92. The number of rotatable bonds is 3. The van der Waals surface area contributed by atoms with Crippen molar-refractivity contribution in [2.24, 2.45) is 0 Å². The average molecular weight is 372 g/mol. The molecule has 2 aromatic carbocycles. The number of ether oxygens (including phenoxy) is 1. The zero-order valence-electron chi connectivity index (χ0n) is 14.6. The topological polar surface area (TPSA) is 66.9 Å². The lowest BCUT2D eigenvalue weighted by Gasteiger charge is -2.23. The lowest BCUT2D eigenvalue weighted by molar-refractivity contribution is 0.255. The first kappa shape index (κ1) is 16.9. The molecule has 2 aromatic rings. The Balaban J connectivity index is 1.77. The Morgan fingerprint density at radius 2 is 1.35 bits per heavy atom. The number of carbonyl (C=O) groups is 1. The second kappa shape index (κ2) is 6.02. The number of hydrogen-bond acceptors (Lipinski definition) is 4. The molecule has 2 amide bonds. The molecular weight excluding hydrogens is 352 g/mol. The molecule has 0 aromatic heterocycles. The van der Waals surface area contributed by atoms with Crippen LogP contribution in [0.5, 0.6) is 5.75 Å². The second-order valence-electron chi connectivity index (χ2n) is 6.77. The van der Waals surface area contributed by atoms with Gasteiger partial charge in [0.05, 0.1) is 30.7 Å². The Morgan fingerprint density at radius 3 is 1.81 bits per heavy atom. The SMILES string of the molecule is COc1ccc(N2C(=O)N(c3ccc(C)cc3)[C@H]3CS(=O)(=O)C[C@@H]32)cc1. The van der Waals surface area contributed by atoms with Gasteiger partial charge in [0.1, 0.15) is 5.75 Å². The molecule has 0 spiro atoms. The number of methoxy groups -OCH3 is 1. The Morgan fingerprint density at radius 1 is 0.885 bits per heavy atom. The van der Waals surface area contributed by atoms with E-state index in [1.54, 1.807) is 41.2 Å². The molecule has 2 aliphatic heterocycles. The maximum atomic E-state index is 13.2. The number of urea groups is 1. The third-order valence-electron chi connectivity index (χ3n) is 5.03. The van der Waals surface area contributed by atoms with E-state index in [1.165, 1.54) is 0 Å². The number of hydrogen-bond donors (Lipinski definition) is 0. The van der Waals surface area contributed by atoms with Crippen molar-refractivity contribution in [3.05, 3.63) is 54.1 Å². The summed E-state index contributed by atoms with van der Waals surface area (Å²) in [4.78, 5) is 16.4. The smallest absolute Gasteiger partial charge is 0.329 e. The van der Waals surface area contributed by atoms with Gasteiger partial charge in [-0.15, -0.1) is 0 Å². The summed E-state index contributed by atoms with van der Waals surface area (Å²) in [5, 5.41) is 0. The number of anilines is 2. The maximum Gasteiger partial charge on any atom is 0.329 e. The fourth-order valence-corrected chi connectivity index (χ4v) is 5.67. The molecule has 2 atom stereocenters. The van der Waals surface area contributed by atoms with Gasteiger partial charge < -0.3 is 4.74 Å². The molecule has 4 rings (SSSR count). The van der Waals surface area contributed by atoms with Crippen molar-refractivity contribution in [2.45, 2.75) is 19.0 Å². The summed E-state index contributed by atoms with van der Waals surface area (Å²) in [6.07, 6.45) is 0. The van der Waals surface area contributed by atoms with Crippen molar-refractivity contribution in [1.29, 1.82) is 0 Å². The highest BCUT2D eigenvalue weighted by Gasteiger charge is 2.54. The number of aryl methyl sites for hydroxylation is 1. The Bertz CT molecular complexity index is 939. The molecule has 2 saturated heterocycles. The standard InChI is InChI=1S/C19H20N2O4S/c1-13-3-5-14(6-4-13)20-17-11-26(23,24)12-18(17)21(19(20)22)15-7-9-16(25-2)10-8-15/h3-10,17-18H,11-12H2,1-2H3/t17-,18-/m0/s1.